The van der Waals surface area contributed by atoms with Crippen molar-refractivity contribution in [2.24, 2.45) is 0 Å². The molecule has 24 heavy (non-hydrogen) atoms. The average Bonchev–Trinajstić information content (AvgIpc) is 2.61. The Kier molecular flexibility index (Phi) is 4.81. The third-order valence-electron chi connectivity index (χ3n) is 3.42. The maximum Gasteiger partial charge on any atom is 0.387 e. The van der Waals surface area contributed by atoms with E-state index in [2.05, 4.69) is 31.2 Å². The normalized spacial score (nSPS) is 11.7. The molecule has 0 aliphatic heterocycles. The lowest BCUT2D eigenvalue weighted by Gasteiger charge is -2.19. The first kappa shape index (κ1) is 16.1. The third kappa shape index (κ3) is 3.57. The van der Waals surface area contributed by atoms with Crippen LogP contribution in [0.1, 0.15) is 17.3 Å². The van der Waals surface area contributed by atoms with Gasteiger partial charge < -0.3 is 15.4 Å². The number of hydrogen-bond acceptors (Lipinski definition) is 5. The molecular weight excluding hydrogens is 372 g/mol. The van der Waals surface area contributed by atoms with Crippen molar-refractivity contribution in [3.8, 4) is 0 Å². The first-order valence-corrected chi connectivity index (χ1v) is 7.97. The summed E-state index contributed by atoms with van der Waals surface area (Å²) < 4.78 is 0.656. The zero-order valence-electron chi connectivity index (χ0n) is 12.5. The Hall–Kier alpha value is -2.80. The highest BCUT2D eigenvalue weighted by molar-refractivity contribution is 9.10. The van der Waals surface area contributed by atoms with Crippen molar-refractivity contribution in [2.45, 2.75) is 6.04 Å². The highest BCUT2D eigenvalue weighted by Gasteiger charge is 2.22. The van der Waals surface area contributed by atoms with E-state index >= 15 is 0 Å². The van der Waals surface area contributed by atoms with Gasteiger partial charge in [-0.3, -0.25) is 4.98 Å². The van der Waals surface area contributed by atoms with Crippen LogP contribution in [0.5, 0.6) is 0 Å². The van der Waals surface area contributed by atoms with Crippen molar-refractivity contribution in [2.75, 3.05) is 5.32 Å². The van der Waals surface area contributed by atoms with Gasteiger partial charge in [0.25, 0.3) is 0 Å². The topological polar surface area (TPSA) is 81.0 Å². The molecule has 0 aliphatic carbocycles. The molecule has 0 radical (unpaired) electrons. The predicted octanol–water partition coefficient (Wildman–Crippen LogP) is 4.35. The number of nitro groups is 1. The van der Waals surface area contributed by atoms with E-state index in [1.807, 2.05) is 48.5 Å². The Bertz CT molecular complexity index is 804. The summed E-state index contributed by atoms with van der Waals surface area (Å²) in [6.45, 7) is 0. The summed E-state index contributed by atoms with van der Waals surface area (Å²) in [7, 11) is 0. The van der Waals surface area contributed by atoms with E-state index in [0.29, 0.717) is 10.2 Å². The van der Waals surface area contributed by atoms with Gasteiger partial charge in [0.15, 0.2) is 6.20 Å². The first-order chi connectivity index (χ1) is 11.6. The lowest BCUT2D eigenvalue weighted by molar-refractivity contribution is -0.388. The van der Waals surface area contributed by atoms with Gasteiger partial charge in [-0.15, -0.1) is 0 Å². The summed E-state index contributed by atoms with van der Waals surface area (Å²) in [5, 5.41) is 14.5. The Labute approximate surface area is 146 Å². The maximum absolute atomic E-state index is 11.3. The van der Waals surface area contributed by atoms with Crippen molar-refractivity contribution in [1.82, 2.24) is 9.97 Å². The van der Waals surface area contributed by atoms with Gasteiger partial charge >= 0.3 is 5.82 Å². The van der Waals surface area contributed by atoms with Gasteiger partial charge in [0.2, 0.25) is 0 Å². The second-order valence-corrected chi connectivity index (χ2v) is 5.94. The standard InChI is InChI=1S/C17H13BrN4O2/c18-13-10-15(17(20-11-13)22(23)24)21-16(12-6-2-1-3-7-12)14-8-4-5-9-19-14/h1-11,16,21H. The molecule has 6 nitrogen and oxygen atoms in total. The largest absolute Gasteiger partial charge is 0.387 e. The Morgan fingerprint density at radius 2 is 1.83 bits per heavy atom. The van der Waals surface area contributed by atoms with Crippen LogP contribution in [0, 0.1) is 10.1 Å². The predicted molar refractivity (Wildman–Crippen MR) is 94.7 cm³/mol. The molecule has 0 saturated carbocycles. The minimum absolute atomic E-state index is 0.227. The van der Waals surface area contributed by atoms with E-state index in [1.165, 1.54) is 6.20 Å². The van der Waals surface area contributed by atoms with Crippen molar-refractivity contribution in [1.29, 1.82) is 0 Å². The van der Waals surface area contributed by atoms with Gasteiger partial charge in [0, 0.05) is 6.20 Å². The monoisotopic (exact) mass is 384 g/mol. The molecule has 1 N–H and O–H groups in total. The average molecular weight is 385 g/mol. The molecule has 1 unspecified atom stereocenters. The number of nitrogens with one attached hydrogen (secondary N) is 1. The van der Waals surface area contributed by atoms with Crippen LogP contribution in [0.2, 0.25) is 0 Å². The number of pyridine rings is 2. The lowest BCUT2D eigenvalue weighted by atomic mass is 10.0. The highest BCUT2D eigenvalue weighted by Crippen LogP contribution is 2.31. The van der Waals surface area contributed by atoms with Gasteiger partial charge in [-0.1, -0.05) is 36.4 Å². The molecule has 0 saturated heterocycles. The molecule has 3 aromatic rings. The minimum Gasteiger partial charge on any atom is -0.366 e. The Morgan fingerprint density at radius 3 is 2.50 bits per heavy atom. The molecule has 120 valence electrons. The van der Waals surface area contributed by atoms with E-state index in [-0.39, 0.29) is 11.9 Å². The molecule has 0 aliphatic rings. The van der Waals surface area contributed by atoms with Crippen LogP contribution in [0.15, 0.2) is 71.5 Å². The number of aromatic nitrogens is 2. The molecule has 0 fully saturated rings. The molecule has 1 aromatic carbocycles. The first-order valence-electron chi connectivity index (χ1n) is 7.17. The van der Waals surface area contributed by atoms with Gasteiger partial charge in [-0.25, -0.2) is 0 Å². The van der Waals surface area contributed by atoms with Crippen LogP contribution in [0.4, 0.5) is 11.5 Å². The highest BCUT2D eigenvalue weighted by atomic mass is 79.9. The molecular formula is C17H13BrN4O2. The molecule has 0 amide bonds. The molecule has 2 aromatic heterocycles. The second kappa shape index (κ2) is 7.18. The minimum atomic E-state index is -0.505. The second-order valence-electron chi connectivity index (χ2n) is 5.02. The van der Waals surface area contributed by atoms with E-state index in [1.54, 1.807) is 12.3 Å². The van der Waals surface area contributed by atoms with E-state index < -0.39 is 4.92 Å². The zero-order valence-corrected chi connectivity index (χ0v) is 14.1. The Balaban J connectivity index is 2.05. The van der Waals surface area contributed by atoms with Crippen molar-refractivity contribution in [3.05, 3.63) is 92.8 Å². The van der Waals surface area contributed by atoms with Crippen molar-refractivity contribution < 1.29 is 4.92 Å². The van der Waals surface area contributed by atoms with Crippen molar-refractivity contribution in [3.63, 3.8) is 0 Å². The molecule has 2 heterocycles. The summed E-state index contributed by atoms with van der Waals surface area (Å²) in [6.07, 6.45) is 3.10. The van der Waals surface area contributed by atoms with Gasteiger partial charge in [-0.2, -0.15) is 0 Å². The van der Waals surface area contributed by atoms with Gasteiger partial charge in [-0.05, 0) is 49.6 Å². The quantitative estimate of drug-likeness (QED) is 0.522. The fraction of sp³-hybridized carbons (Fsp3) is 0.0588. The summed E-state index contributed by atoms with van der Waals surface area (Å²) in [5.74, 6) is -0.227. The van der Waals surface area contributed by atoms with Crippen LogP contribution < -0.4 is 5.32 Å². The Morgan fingerprint density at radius 1 is 1.08 bits per heavy atom. The van der Waals surface area contributed by atoms with Crippen LogP contribution in [-0.4, -0.2) is 14.9 Å². The van der Waals surface area contributed by atoms with Gasteiger partial charge in [0.1, 0.15) is 5.69 Å². The molecule has 0 spiro atoms. The van der Waals surface area contributed by atoms with Crippen LogP contribution >= 0.6 is 15.9 Å². The fourth-order valence-electron chi connectivity index (χ4n) is 2.36. The maximum atomic E-state index is 11.3. The summed E-state index contributed by atoms with van der Waals surface area (Å²) in [6, 6.07) is 16.5. The number of anilines is 1. The number of nitrogens with zero attached hydrogens (tertiary/aromatic N) is 3. The van der Waals surface area contributed by atoms with Crippen molar-refractivity contribution >= 4 is 27.4 Å². The molecule has 3 rings (SSSR count). The molecule has 1 atom stereocenters. The number of benzene rings is 1. The molecule has 0 bridgehead atoms. The number of rotatable bonds is 5. The number of halogens is 1. The van der Waals surface area contributed by atoms with Crippen LogP contribution in [0.3, 0.4) is 0 Å². The van der Waals surface area contributed by atoms with Crippen LogP contribution in [-0.2, 0) is 0 Å². The SMILES string of the molecule is O=[N+]([O-])c1ncc(Br)cc1NC(c1ccccc1)c1ccccn1. The van der Waals surface area contributed by atoms with E-state index in [4.69, 9.17) is 0 Å². The fourth-order valence-corrected chi connectivity index (χ4v) is 2.69. The van der Waals surface area contributed by atoms with E-state index in [9.17, 15) is 10.1 Å². The van der Waals surface area contributed by atoms with Gasteiger partial charge in [0.05, 0.1) is 16.2 Å². The smallest absolute Gasteiger partial charge is 0.366 e. The zero-order chi connectivity index (χ0) is 16.9. The molecule has 7 heteroatoms. The third-order valence-corrected chi connectivity index (χ3v) is 3.86. The van der Waals surface area contributed by atoms with Crippen LogP contribution in [0.25, 0.3) is 0 Å². The summed E-state index contributed by atoms with van der Waals surface area (Å²) in [4.78, 5) is 19.0. The van der Waals surface area contributed by atoms with E-state index in [0.717, 1.165) is 11.3 Å². The lowest BCUT2D eigenvalue weighted by Crippen LogP contribution is -2.15. The summed E-state index contributed by atoms with van der Waals surface area (Å²) >= 11 is 3.31. The summed E-state index contributed by atoms with van der Waals surface area (Å²) in [5.41, 5.74) is 2.04. The number of hydrogen-bond donors (Lipinski definition) is 1.